The first-order chi connectivity index (χ1) is 37.5. The number of fused-ring (bicyclic) bond motifs is 6. The summed E-state index contributed by atoms with van der Waals surface area (Å²) >= 11 is 29.4. The number of piperidine rings is 2. The molecule has 14 rings (SSSR count). The minimum atomic E-state index is 0.163. The van der Waals surface area contributed by atoms with Gasteiger partial charge in [-0.1, -0.05) is 97.6 Å². The van der Waals surface area contributed by atoms with Crippen molar-refractivity contribution in [3.05, 3.63) is 120 Å². The van der Waals surface area contributed by atoms with Crippen LogP contribution in [0.25, 0.3) is 42.9 Å². The highest BCUT2D eigenvalue weighted by molar-refractivity contribution is 7.22. The lowest BCUT2D eigenvalue weighted by atomic mass is 10.0. The molecule has 6 unspecified atom stereocenters. The first-order valence-corrected chi connectivity index (χ1v) is 29.2. The number of hydrogen-bond donors (Lipinski definition) is 0. The molecule has 6 aliphatic rings. The Morgan fingerprint density at radius 3 is 1.55 bits per heavy atom. The molecule has 0 amide bonds. The van der Waals surface area contributed by atoms with Crippen molar-refractivity contribution in [2.45, 2.75) is 121 Å². The van der Waals surface area contributed by atoms with E-state index in [0.29, 0.717) is 110 Å². The highest BCUT2D eigenvalue weighted by Gasteiger charge is 2.48. The standard InChI is InChI=1S/C29H27Cl2N3O4S.C28H25Cl2N3O4S/c1-15-7-16(12-36-14-35)8-24-26(15)32-29(39-24)34-11-18-9-19(34)10-23(18)37-13-20-27(33-38-28(20)17-5-6-17)25-21(30)3-2-4-22(25)31;1-14-7-18(36-13-34)10-23-25(14)31-28(38-23)33-11-16-8-17(33)9-22(16)35-12-19-26(32-37-27(19)15-5-6-15)24-20(29)3-2-4-21(24)30/h2-4,7-8,14,17-19,23H,5-6,9-13H2,1H3;2-4,7,10,13,15-17,22H,5-6,8-9,11-12H2,1H3. The molecule has 4 saturated carbocycles. The summed E-state index contributed by atoms with van der Waals surface area (Å²) < 4.78 is 37.0. The summed E-state index contributed by atoms with van der Waals surface area (Å²) in [6, 6.07) is 19.6. The van der Waals surface area contributed by atoms with Gasteiger partial charge >= 0.3 is 0 Å². The number of halogens is 4. The van der Waals surface area contributed by atoms with E-state index in [1.54, 1.807) is 22.7 Å². The molecule has 20 heteroatoms. The molecule has 398 valence electrons. The lowest BCUT2D eigenvalue weighted by Crippen LogP contribution is -2.38. The fourth-order valence-electron chi connectivity index (χ4n) is 12.2. The van der Waals surface area contributed by atoms with E-state index >= 15 is 0 Å². The van der Waals surface area contributed by atoms with Gasteiger partial charge in [-0.05, 0) is 118 Å². The molecule has 14 nitrogen and oxygen atoms in total. The Labute approximate surface area is 471 Å². The van der Waals surface area contributed by atoms with Crippen molar-refractivity contribution in [2.75, 3.05) is 22.9 Å². The zero-order valence-electron chi connectivity index (χ0n) is 42.0. The number of carbonyl (C=O) groups excluding carboxylic acids is 2. The molecule has 6 atom stereocenters. The van der Waals surface area contributed by atoms with Crippen molar-refractivity contribution in [1.82, 2.24) is 20.3 Å². The van der Waals surface area contributed by atoms with Crippen LogP contribution in [0.15, 0.2) is 69.7 Å². The topological polar surface area (TPSA) is 155 Å². The number of thiazole rings is 2. The van der Waals surface area contributed by atoms with Gasteiger partial charge in [0.05, 0.1) is 65.9 Å². The predicted molar refractivity (Wildman–Crippen MR) is 299 cm³/mol. The maximum absolute atomic E-state index is 10.8. The zero-order valence-corrected chi connectivity index (χ0v) is 46.7. The van der Waals surface area contributed by atoms with Gasteiger partial charge in [0.1, 0.15) is 35.3 Å². The second-order valence-electron chi connectivity index (χ2n) is 21.2. The first-order valence-electron chi connectivity index (χ1n) is 26.1. The van der Waals surface area contributed by atoms with Crippen LogP contribution in [0.3, 0.4) is 0 Å². The Kier molecular flexibility index (Phi) is 14.0. The fourth-order valence-corrected chi connectivity index (χ4v) is 15.7. The van der Waals surface area contributed by atoms with E-state index in [1.165, 1.54) is 0 Å². The van der Waals surface area contributed by atoms with Gasteiger partial charge < -0.3 is 37.8 Å². The third-order valence-electron chi connectivity index (χ3n) is 16.1. The molecule has 6 heterocycles. The fraction of sp³-hybridized carbons (Fsp3) is 0.404. The summed E-state index contributed by atoms with van der Waals surface area (Å²) in [6.45, 7) is 7.98. The molecule has 0 radical (unpaired) electrons. The van der Waals surface area contributed by atoms with Crippen LogP contribution in [0.2, 0.25) is 20.1 Å². The smallest absolute Gasteiger partial charge is 0.298 e. The van der Waals surface area contributed by atoms with Crippen LogP contribution in [0.4, 0.5) is 10.3 Å². The number of anilines is 2. The molecule has 77 heavy (non-hydrogen) atoms. The van der Waals surface area contributed by atoms with E-state index in [0.717, 1.165) is 134 Å². The average molecular weight is 1160 g/mol. The molecule has 0 spiro atoms. The number of aryl methyl sites for hydroxylation is 2. The van der Waals surface area contributed by atoms with E-state index < -0.39 is 0 Å². The third kappa shape index (κ3) is 9.89. The summed E-state index contributed by atoms with van der Waals surface area (Å²) in [4.78, 5) is 36.2. The number of carbonyl (C=O) groups is 2. The van der Waals surface area contributed by atoms with Crippen LogP contribution < -0.4 is 14.5 Å². The molecule has 0 N–H and O–H groups in total. The lowest BCUT2D eigenvalue weighted by Gasteiger charge is -2.31. The summed E-state index contributed by atoms with van der Waals surface area (Å²) in [6.07, 6.45) is 8.85. The van der Waals surface area contributed by atoms with Crippen LogP contribution in [-0.4, -0.2) is 70.6 Å². The molecule has 8 aromatic rings. The monoisotopic (exact) mass is 1150 g/mol. The molecular weight excluding hydrogens is 1100 g/mol. The van der Waals surface area contributed by atoms with E-state index in [-0.39, 0.29) is 18.8 Å². The van der Waals surface area contributed by atoms with Gasteiger partial charge in [0.25, 0.3) is 12.9 Å². The number of nitrogens with zero attached hydrogens (tertiary/aromatic N) is 6. The summed E-state index contributed by atoms with van der Waals surface area (Å²) in [5, 5.41) is 13.1. The van der Waals surface area contributed by atoms with Gasteiger partial charge in [-0.15, -0.1) is 0 Å². The van der Waals surface area contributed by atoms with Gasteiger partial charge in [-0.25, -0.2) is 9.97 Å². The van der Waals surface area contributed by atoms with Gasteiger partial charge in [0, 0.05) is 77.2 Å². The average Bonchev–Trinajstić information content (AvgIpc) is 3.93. The Morgan fingerprint density at radius 2 is 1.10 bits per heavy atom. The molecule has 4 aromatic carbocycles. The third-order valence-corrected chi connectivity index (χ3v) is 19.5. The Morgan fingerprint density at radius 1 is 0.623 bits per heavy atom. The summed E-state index contributed by atoms with van der Waals surface area (Å²) in [5.41, 5.74) is 9.81. The van der Waals surface area contributed by atoms with Gasteiger partial charge in [0.15, 0.2) is 10.3 Å². The van der Waals surface area contributed by atoms with Gasteiger partial charge in [0.2, 0.25) is 0 Å². The highest BCUT2D eigenvalue weighted by atomic mass is 35.5. The van der Waals surface area contributed by atoms with E-state index in [2.05, 4.69) is 33.1 Å². The van der Waals surface area contributed by atoms with E-state index in [4.69, 9.17) is 84.4 Å². The maximum Gasteiger partial charge on any atom is 0.298 e. The van der Waals surface area contributed by atoms with Crippen LogP contribution in [0, 0.1) is 25.7 Å². The van der Waals surface area contributed by atoms with Crippen molar-refractivity contribution in [3.63, 3.8) is 0 Å². The van der Waals surface area contributed by atoms with Crippen LogP contribution in [-0.2, 0) is 43.6 Å². The van der Waals surface area contributed by atoms with Crippen LogP contribution in [0.1, 0.15) is 103 Å². The van der Waals surface area contributed by atoms with E-state index in [9.17, 15) is 9.59 Å². The Hall–Kier alpha value is -5.30. The number of ether oxygens (including phenoxy) is 4. The summed E-state index contributed by atoms with van der Waals surface area (Å²) in [5.74, 6) is 4.03. The SMILES string of the molecule is Cc1cc(COC=O)cc2sc(N3CC4CC3CC4OCc3c(-c4c(Cl)cccc4Cl)noc3C3CC3)nc12.Cc1cc(OC=O)cc2sc(N3CC4CC3CC4OCc3c(-c4c(Cl)cccc4Cl)noc3C3CC3)nc12. The largest absolute Gasteiger partial charge is 0.463 e. The molecule has 2 saturated heterocycles. The number of hydrogen-bond acceptors (Lipinski definition) is 16. The van der Waals surface area contributed by atoms with Crippen molar-refractivity contribution >= 4 is 113 Å². The molecule has 4 bridgehead atoms. The van der Waals surface area contributed by atoms with Crippen molar-refractivity contribution in [3.8, 4) is 28.3 Å². The van der Waals surface area contributed by atoms with Crippen LogP contribution in [0.5, 0.6) is 5.75 Å². The molecule has 4 aliphatic carbocycles. The second kappa shape index (κ2) is 21.1. The normalized spacial score (nSPS) is 22.4. The number of benzene rings is 4. The maximum atomic E-state index is 10.8. The van der Waals surface area contributed by atoms with E-state index in [1.807, 2.05) is 61.5 Å². The molecule has 2 aliphatic heterocycles. The Bertz CT molecular complexity index is 3540. The molecular formula is C57H52Cl4N6O8S2. The number of rotatable bonds is 17. The van der Waals surface area contributed by atoms with Crippen molar-refractivity contribution in [2.24, 2.45) is 11.8 Å². The van der Waals surface area contributed by atoms with Crippen LogP contribution >= 0.6 is 69.1 Å². The van der Waals surface area contributed by atoms with Crippen molar-refractivity contribution < 1.29 is 37.6 Å². The minimum absolute atomic E-state index is 0.163. The second-order valence-corrected chi connectivity index (χ2v) is 24.9. The zero-order chi connectivity index (χ0) is 52.6. The van der Waals surface area contributed by atoms with Crippen molar-refractivity contribution in [1.29, 1.82) is 0 Å². The Balaban J connectivity index is 0.000000147. The summed E-state index contributed by atoms with van der Waals surface area (Å²) in [7, 11) is 0. The quantitative estimate of drug-likeness (QED) is 0.0794. The molecule has 6 fully saturated rings. The molecule has 4 aromatic heterocycles. The minimum Gasteiger partial charge on any atom is -0.463 e. The highest BCUT2D eigenvalue weighted by Crippen LogP contribution is 2.51. The first kappa shape index (κ1) is 51.2. The lowest BCUT2D eigenvalue weighted by molar-refractivity contribution is -0.129. The van der Waals surface area contributed by atoms with Gasteiger partial charge in [-0.3, -0.25) is 9.59 Å². The van der Waals surface area contributed by atoms with Gasteiger partial charge in [-0.2, -0.15) is 0 Å². The predicted octanol–water partition coefficient (Wildman–Crippen LogP) is 14.5. The number of aromatic nitrogens is 4.